The number of carbonyl (C=O) groups is 1. The number of nitrogen functional groups attached to an aromatic ring is 1. The monoisotopic (exact) mass is 396 g/mol. The summed E-state index contributed by atoms with van der Waals surface area (Å²) in [5, 5.41) is -0.248. The molecule has 0 amide bonds. The number of anilines is 1. The molecule has 2 aromatic heterocycles. The van der Waals surface area contributed by atoms with Crippen molar-refractivity contribution in [3.63, 3.8) is 0 Å². The predicted molar refractivity (Wildman–Crippen MR) is 96.7 cm³/mol. The Hall–Kier alpha value is -2.81. The van der Waals surface area contributed by atoms with Crippen molar-refractivity contribution in [2.75, 3.05) is 20.0 Å². The molecule has 0 bridgehead atoms. The number of fused-ring (bicyclic) bond motifs is 1. The van der Waals surface area contributed by atoms with Crippen LogP contribution in [0.3, 0.4) is 0 Å². The number of alkyl halides is 3. The Morgan fingerprint density at radius 3 is 2.41 bits per heavy atom. The van der Waals surface area contributed by atoms with Crippen LogP contribution in [-0.4, -0.2) is 25.0 Å². The first-order chi connectivity index (χ1) is 12.7. The van der Waals surface area contributed by atoms with Gasteiger partial charge in [0.2, 0.25) is 5.78 Å². The van der Waals surface area contributed by atoms with Crippen LogP contribution in [0.25, 0.3) is 10.2 Å². The Bertz CT molecular complexity index is 1040. The summed E-state index contributed by atoms with van der Waals surface area (Å²) in [6, 6.07) is 5.42. The molecule has 2 heterocycles. The van der Waals surface area contributed by atoms with Gasteiger partial charge in [0, 0.05) is 16.6 Å². The zero-order valence-corrected chi connectivity index (χ0v) is 15.4. The molecule has 0 spiro atoms. The highest BCUT2D eigenvalue weighted by molar-refractivity contribution is 7.21. The fourth-order valence-electron chi connectivity index (χ4n) is 2.74. The van der Waals surface area contributed by atoms with Gasteiger partial charge in [0.05, 0.1) is 25.5 Å². The first-order valence-corrected chi connectivity index (χ1v) is 8.52. The van der Waals surface area contributed by atoms with Crippen molar-refractivity contribution in [1.82, 2.24) is 4.98 Å². The third-order valence-electron chi connectivity index (χ3n) is 3.98. The first-order valence-electron chi connectivity index (χ1n) is 7.71. The van der Waals surface area contributed by atoms with Crippen LogP contribution in [0.5, 0.6) is 11.5 Å². The van der Waals surface area contributed by atoms with Gasteiger partial charge in [-0.3, -0.25) is 4.79 Å². The van der Waals surface area contributed by atoms with Crippen molar-refractivity contribution < 1.29 is 27.4 Å². The maximum Gasteiger partial charge on any atom is 0.417 e. The molecule has 142 valence electrons. The Labute approximate surface area is 156 Å². The largest absolute Gasteiger partial charge is 0.493 e. The smallest absolute Gasteiger partial charge is 0.417 e. The summed E-state index contributed by atoms with van der Waals surface area (Å²) in [5.41, 5.74) is 5.23. The number of pyridine rings is 1. The highest BCUT2D eigenvalue weighted by Crippen LogP contribution is 2.43. The number of carbonyl (C=O) groups excluding carboxylic acids is 1. The van der Waals surface area contributed by atoms with Gasteiger partial charge < -0.3 is 15.2 Å². The number of hydrogen-bond donors (Lipinski definition) is 1. The Kier molecular flexibility index (Phi) is 4.73. The van der Waals surface area contributed by atoms with Crippen LogP contribution in [0.4, 0.5) is 18.9 Å². The molecular formula is C18H15F3N2O3S. The zero-order valence-electron chi connectivity index (χ0n) is 14.6. The molecule has 2 N–H and O–H groups in total. The summed E-state index contributed by atoms with van der Waals surface area (Å²) in [4.78, 5) is 17.1. The number of rotatable bonds is 4. The Morgan fingerprint density at radius 2 is 1.81 bits per heavy atom. The molecule has 0 aliphatic rings. The standard InChI is InChI=1S/C18H15F3N2O3S/c1-8-6-10(18(19,20)21)13-14(22)16(27-17(13)23-8)15(24)9-4-5-11(25-2)12(7-9)26-3/h4-7H,22H2,1-3H3. The Balaban J connectivity index is 2.18. The predicted octanol–water partition coefficient (Wildman–Crippen LogP) is 4.45. The van der Waals surface area contributed by atoms with Gasteiger partial charge in [-0.2, -0.15) is 13.2 Å². The van der Waals surface area contributed by atoms with Gasteiger partial charge in [-0.25, -0.2) is 4.98 Å². The highest BCUT2D eigenvalue weighted by atomic mass is 32.1. The van der Waals surface area contributed by atoms with Gasteiger partial charge in [0.25, 0.3) is 0 Å². The average molecular weight is 396 g/mol. The minimum atomic E-state index is -4.61. The normalized spacial score (nSPS) is 11.6. The van der Waals surface area contributed by atoms with Gasteiger partial charge in [-0.05, 0) is 31.2 Å². The van der Waals surface area contributed by atoms with E-state index >= 15 is 0 Å². The lowest BCUT2D eigenvalue weighted by atomic mass is 10.1. The number of thiophene rings is 1. The second-order valence-electron chi connectivity index (χ2n) is 5.73. The van der Waals surface area contributed by atoms with E-state index in [0.29, 0.717) is 11.5 Å². The first kappa shape index (κ1) is 19.0. The van der Waals surface area contributed by atoms with Gasteiger partial charge in [-0.15, -0.1) is 11.3 Å². The number of methoxy groups -OCH3 is 2. The van der Waals surface area contributed by atoms with E-state index in [1.165, 1.54) is 33.3 Å². The fraction of sp³-hybridized carbons (Fsp3) is 0.222. The molecule has 0 aliphatic carbocycles. The van der Waals surface area contributed by atoms with Gasteiger partial charge in [0.1, 0.15) is 9.71 Å². The van der Waals surface area contributed by atoms with Crippen LogP contribution in [0.15, 0.2) is 24.3 Å². The molecule has 0 aliphatic heterocycles. The number of ether oxygens (including phenoxy) is 2. The highest BCUT2D eigenvalue weighted by Gasteiger charge is 2.36. The number of hydrogen-bond acceptors (Lipinski definition) is 6. The number of benzene rings is 1. The third-order valence-corrected chi connectivity index (χ3v) is 5.08. The van der Waals surface area contributed by atoms with Crippen LogP contribution < -0.4 is 15.2 Å². The van der Waals surface area contributed by atoms with Crippen LogP contribution in [0.1, 0.15) is 26.5 Å². The van der Waals surface area contributed by atoms with Crippen LogP contribution >= 0.6 is 11.3 Å². The molecule has 5 nitrogen and oxygen atoms in total. The van der Waals surface area contributed by atoms with E-state index in [2.05, 4.69) is 4.98 Å². The molecule has 1 aromatic carbocycles. The number of nitrogens with zero attached hydrogens (tertiary/aromatic N) is 1. The summed E-state index contributed by atoms with van der Waals surface area (Å²) < 4.78 is 50.5. The summed E-state index contributed by atoms with van der Waals surface area (Å²) in [6.07, 6.45) is -4.61. The summed E-state index contributed by atoms with van der Waals surface area (Å²) in [7, 11) is 2.87. The van der Waals surface area contributed by atoms with E-state index < -0.39 is 17.5 Å². The molecule has 0 unspecified atom stereocenters. The quantitative estimate of drug-likeness (QED) is 0.660. The summed E-state index contributed by atoms with van der Waals surface area (Å²) >= 11 is 0.837. The van der Waals surface area contributed by atoms with Crippen LogP contribution in [0, 0.1) is 6.92 Å². The van der Waals surface area contributed by atoms with Crippen molar-refractivity contribution in [2.45, 2.75) is 13.1 Å². The summed E-state index contributed by atoms with van der Waals surface area (Å²) in [6.45, 7) is 1.46. The molecule has 0 atom stereocenters. The summed E-state index contributed by atoms with van der Waals surface area (Å²) in [5.74, 6) is 0.241. The van der Waals surface area contributed by atoms with E-state index in [4.69, 9.17) is 15.2 Å². The minimum absolute atomic E-state index is 0.000759. The molecule has 3 aromatic rings. The van der Waals surface area contributed by atoms with E-state index in [1.54, 1.807) is 6.07 Å². The zero-order chi connectivity index (χ0) is 19.9. The van der Waals surface area contributed by atoms with E-state index in [9.17, 15) is 18.0 Å². The van der Waals surface area contributed by atoms with E-state index in [-0.39, 0.29) is 32.0 Å². The molecule has 0 fully saturated rings. The molecule has 27 heavy (non-hydrogen) atoms. The van der Waals surface area contributed by atoms with Crippen molar-refractivity contribution in [2.24, 2.45) is 0 Å². The van der Waals surface area contributed by atoms with E-state index in [0.717, 1.165) is 17.4 Å². The average Bonchev–Trinajstić information content (AvgIpc) is 2.95. The third kappa shape index (κ3) is 3.30. The van der Waals surface area contributed by atoms with Crippen molar-refractivity contribution in [1.29, 1.82) is 0 Å². The molecule has 0 saturated heterocycles. The van der Waals surface area contributed by atoms with E-state index in [1.807, 2.05) is 0 Å². The fourth-order valence-corrected chi connectivity index (χ4v) is 3.87. The number of aromatic nitrogens is 1. The lowest BCUT2D eigenvalue weighted by Crippen LogP contribution is -2.08. The maximum atomic E-state index is 13.4. The molecule has 9 heteroatoms. The minimum Gasteiger partial charge on any atom is -0.493 e. The van der Waals surface area contributed by atoms with Crippen molar-refractivity contribution in [3.8, 4) is 11.5 Å². The number of halogens is 3. The SMILES string of the molecule is COc1ccc(C(=O)c2sc3nc(C)cc(C(F)(F)F)c3c2N)cc1OC. The molecular weight excluding hydrogens is 381 g/mol. The lowest BCUT2D eigenvalue weighted by Gasteiger charge is -2.10. The van der Waals surface area contributed by atoms with Gasteiger partial charge in [0.15, 0.2) is 11.5 Å². The number of nitrogens with two attached hydrogens (primary N) is 1. The molecule has 3 rings (SSSR count). The molecule has 0 radical (unpaired) electrons. The topological polar surface area (TPSA) is 74.4 Å². The maximum absolute atomic E-state index is 13.4. The van der Waals surface area contributed by atoms with Crippen molar-refractivity contribution in [3.05, 3.63) is 46.0 Å². The van der Waals surface area contributed by atoms with Gasteiger partial charge in [-0.1, -0.05) is 0 Å². The molecule has 0 saturated carbocycles. The number of aryl methyl sites for hydroxylation is 1. The van der Waals surface area contributed by atoms with Crippen LogP contribution in [0.2, 0.25) is 0 Å². The second-order valence-corrected chi connectivity index (χ2v) is 6.73. The van der Waals surface area contributed by atoms with Gasteiger partial charge >= 0.3 is 6.18 Å². The van der Waals surface area contributed by atoms with Crippen molar-refractivity contribution >= 4 is 33.0 Å². The van der Waals surface area contributed by atoms with Crippen LogP contribution in [-0.2, 0) is 6.18 Å². The number of ketones is 1. The Morgan fingerprint density at radius 1 is 1.15 bits per heavy atom. The second kappa shape index (κ2) is 6.73. The lowest BCUT2D eigenvalue weighted by molar-refractivity contribution is -0.136.